The fraction of sp³-hybridized carbons (Fsp3) is 0.476. The molecule has 4 heteroatoms. The van der Waals surface area contributed by atoms with Gasteiger partial charge in [-0.1, -0.05) is 101 Å². The molecule has 3 heterocycles. The highest BCUT2D eigenvalue weighted by atomic mass is 28.3. The Labute approximate surface area is 278 Å². The summed E-state index contributed by atoms with van der Waals surface area (Å²) in [6.45, 7) is 18.8. The second-order valence-corrected chi connectivity index (χ2v) is 20.4. The quantitative estimate of drug-likeness (QED) is 0.145. The lowest BCUT2D eigenvalue weighted by Gasteiger charge is -2.34. The van der Waals surface area contributed by atoms with Crippen LogP contribution in [-0.2, 0) is 12.8 Å². The van der Waals surface area contributed by atoms with Crippen LogP contribution in [0.5, 0.6) is 0 Å². The Kier molecular flexibility index (Phi) is 9.67. The number of pyridine rings is 1. The molecular formula is C42H55FN2Si+2. The Morgan fingerprint density at radius 3 is 2.35 bits per heavy atom. The van der Waals surface area contributed by atoms with Gasteiger partial charge in [-0.3, -0.25) is 0 Å². The number of hydrogen-bond donors (Lipinski definition) is 0. The summed E-state index contributed by atoms with van der Waals surface area (Å²) >= 11 is 0. The molecule has 0 spiro atoms. The summed E-state index contributed by atoms with van der Waals surface area (Å²) in [5.41, 5.74) is 10.5. The number of halogens is 1. The van der Waals surface area contributed by atoms with Crippen molar-refractivity contribution in [2.45, 2.75) is 116 Å². The molecule has 242 valence electrons. The molecular weight excluding hydrogens is 580 g/mol. The van der Waals surface area contributed by atoms with Gasteiger partial charge in [0.05, 0.1) is 19.6 Å². The molecule has 2 aromatic carbocycles. The van der Waals surface area contributed by atoms with Crippen LogP contribution in [0.3, 0.4) is 0 Å². The van der Waals surface area contributed by atoms with Crippen molar-refractivity contribution in [1.82, 2.24) is 0 Å². The van der Waals surface area contributed by atoms with Crippen LogP contribution >= 0.6 is 0 Å². The molecule has 0 amide bonds. The summed E-state index contributed by atoms with van der Waals surface area (Å²) in [5.74, 6) is 1.08. The molecule has 0 N–H and O–H groups in total. The number of hydrogen-bond acceptors (Lipinski definition) is 0. The minimum atomic E-state index is -1.67. The molecule has 3 aromatic rings. The maximum Gasteiger partial charge on any atom is 0.213 e. The van der Waals surface area contributed by atoms with E-state index in [0.717, 1.165) is 24.5 Å². The van der Waals surface area contributed by atoms with Gasteiger partial charge in [0.2, 0.25) is 11.4 Å². The number of nitrogens with zero attached hydrogens (tertiary/aromatic N) is 2. The molecule has 1 fully saturated rings. The zero-order valence-electron chi connectivity index (χ0n) is 29.2. The van der Waals surface area contributed by atoms with Crippen molar-refractivity contribution < 1.29 is 13.5 Å². The van der Waals surface area contributed by atoms with Crippen LogP contribution in [0.15, 0.2) is 85.1 Å². The first-order valence-corrected chi connectivity index (χ1v) is 21.4. The summed E-state index contributed by atoms with van der Waals surface area (Å²) in [6, 6.07) is 20.3. The second-order valence-electron chi connectivity index (χ2n) is 15.4. The molecule has 0 radical (unpaired) electrons. The third-order valence-corrected chi connectivity index (χ3v) is 13.2. The molecule has 2 aliphatic heterocycles. The van der Waals surface area contributed by atoms with Crippen molar-refractivity contribution in [3.63, 3.8) is 0 Å². The van der Waals surface area contributed by atoms with E-state index in [0.29, 0.717) is 6.54 Å². The Hall–Kier alpha value is -3.11. The van der Waals surface area contributed by atoms with Gasteiger partial charge in [-0.15, -0.1) is 0 Å². The predicted octanol–water partition coefficient (Wildman–Crippen LogP) is 9.27. The molecule has 4 atom stereocenters. The highest BCUT2D eigenvalue weighted by Crippen LogP contribution is 2.44. The number of alkyl halides is 1. The SMILES string of the molecule is C=C1C/[N+](C(C)C(C)F)=C(/C=C\C)c2ccccc2CCC2c3ccccc3-c3cc(CC4CCCCC4)c([Si](C)(C)C)c[n+]3C12. The van der Waals surface area contributed by atoms with Gasteiger partial charge in [0.25, 0.3) is 0 Å². The van der Waals surface area contributed by atoms with Gasteiger partial charge in [0, 0.05) is 35.4 Å². The minimum Gasteiger partial charge on any atom is -0.240 e. The van der Waals surface area contributed by atoms with Crippen molar-refractivity contribution in [2.75, 3.05) is 6.54 Å². The van der Waals surface area contributed by atoms with Crippen LogP contribution in [0.1, 0.15) is 93.5 Å². The number of aromatic nitrogens is 1. The average molecular weight is 635 g/mol. The summed E-state index contributed by atoms with van der Waals surface area (Å²) in [7, 11) is -1.67. The van der Waals surface area contributed by atoms with Crippen molar-refractivity contribution in [3.8, 4) is 11.3 Å². The van der Waals surface area contributed by atoms with Crippen LogP contribution in [0.4, 0.5) is 4.39 Å². The number of benzene rings is 2. The summed E-state index contributed by atoms with van der Waals surface area (Å²) < 4.78 is 20.2. The van der Waals surface area contributed by atoms with E-state index < -0.39 is 14.2 Å². The monoisotopic (exact) mass is 634 g/mol. The molecule has 0 bridgehead atoms. The highest BCUT2D eigenvalue weighted by Gasteiger charge is 2.45. The largest absolute Gasteiger partial charge is 0.240 e. The molecule has 0 saturated heterocycles. The first kappa shape index (κ1) is 32.8. The zero-order chi connectivity index (χ0) is 32.6. The minimum absolute atomic E-state index is 0.102. The topological polar surface area (TPSA) is 6.89 Å². The van der Waals surface area contributed by atoms with E-state index in [4.69, 9.17) is 6.58 Å². The van der Waals surface area contributed by atoms with Crippen molar-refractivity contribution in [2.24, 2.45) is 5.92 Å². The van der Waals surface area contributed by atoms with Gasteiger partial charge in [-0.25, -0.2) is 8.97 Å². The zero-order valence-corrected chi connectivity index (χ0v) is 30.2. The van der Waals surface area contributed by atoms with E-state index in [1.165, 1.54) is 72.0 Å². The third-order valence-electron chi connectivity index (χ3n) is 11.2. The molecule has 46 heavy (non-hydrogen) atoms. The normalized spacial score (nSPS) is 23.7. The van der Waals surface area contributed by atoms with E-state index >= 15 is 4.39 Å². The maximum atomic E-state index is 15.3. The summed E-state index contributed by atoms with van der Waals surface area (Å²) in [4.78, 5) is 0. The van der Waals surface area contributed by atoms with Crippen LogP contribution in [0.2, 0.25) is 19.6 Å². The first-order valence-electron chi connectivity index (χ1n) is 17.9. The Balaban J connectivity index is 1.57. The molecule has 3 aliphatic rings. The van der Waals surface area contributed by atoms with Crippen molar-refractivity contribution >= 4 is 19.0 Å². The number of allylic oxidation sites excluding steroid dienone is 2. The number of rotatable bonds is 6. The Morgan fingerprint density at radius 2 is 1.65 bits per heavy atom. The Morgan fingerprint density at radius 1 is 0.957 bits per heavy atom. The van der Waals surface area contributed by atoms with Gasteiger partial charge in [-0.2, -0.15) is 4.57 Å². The molecule has 1 aromatic heterocycles. The lowest BCUT2D eigenvalue weighted by Crippen LogP contribution is -2.55. The molecule has 6 rings (SSSR count). The summed E-state index contributed by atoms with van der Waals surface area (Å²) in [6.07, 6.45) is 15.9. The fourth-order valence-electron chi connectivity index (χ4n) is 8.62. The lowest BCUT2D eigenvalue weighted by molar-refractivity contribution is -0.711. The summed E-state index contributed by atoms with van der Waals surface area (Å²) in [5, 5.41) is 1.60. The molecule has 1 saturated carbocycles. The van der Waals surface area contributed by atoms with Gasteiger partial charge in [0.1, 0.15) is 0 Å². The van der Waals surface area contributed by atoms with Crippen molar-refractivity contribution in [3.05, 3.63) is 107 Å². The average Bonchev–Trinajstić information content (AvgIpc) is 3.04. The molecule has 2 nitrogen and oxygen atoms in total. The predicted molar refractivity (Wildman–Crippen MR) is 195 cm³/mol. The van der Waals surface area contributed by atoms with E-state index in [2.05, 4.69) is 109 Å². The number of fused-ring (bicyclic) bond motifs is 7. The van der Waals surface area contributed by atoms with E-state index in [9.17, 15) is 0 Å². The van der Waals surface area contributed by atoms with Crippen LogP contribution in [0.25, 0.3) is 11.3 Å². The van der Waals surface area contributed by atoms with Gasteiger partial charge >= 0.3 is 0 Å². The highest BCUT2D eigenvalue weighted by molar-refractivity contribution is 6.89. The van der Waals surface area contributed by atoms with Crippen LogP contribution in [0, 0.1) is 5.92 Å². The van der Waals surface area contributed by atoms with Crippen LogP contribution in [-0.4, -0.2) is 37.1 Å². The first-order chi connectivity index (χ1) is 22.1. The Bertz CT molecular complexity index is 1650. The third kappa shape index (κ3) is 6.39. The van der Waals surface area contributed by atoms with E-state index in [1.54, 1.807) is 17.7 Å². The smallest absolute Gasteiger partial charge is 0.213 e. The lowest BCUT2D eigenvalue weighted by atomic mass is 9.76. The maximum absolute atomic E-state index is 15.3. The molecule has 1 aliphatic carbocycles. The van der Waals surface area contributed by atoms with E-state index in [-0.39, 0.29) is 18.0 Å². The standard InChI is InChI=1S/C42H55FN2Si/c1-8-16-39-35-20-13-12-19-33(35)23-24-38-36-21-14-15-22-37(36)40-26-34(25-32-17-10-9-11-18-32)41(46(5,6)7)28-45(40)42(38)29(2)27-44(39)31(4)30(3)43/h8,12-16,19-22,26,28,30-32,38,42H,2,9-11,17-18,23-25,27H2,1,3-7H3/q+2/b16-8-,44-39+. The fourth-order valence-corrected chi connectivity index (χ4v) is 10.3. The van der Waals surface area contributed by atoms with Gasteiger partial charge < -0.3 is 0 Å². The van der Waals surface area contributed by atoms with Crippen LogP contribution < -0.4 is 9.75 Å². The van der Waals surface area contributed by atoms with Gasteiger partial charge in [-0.05, 0) is 67.9 Å². The second kappa shape index (κ2) is 13.6. The van der Waals surface area contributed by atoms with E-state index in [1.807, 2.05) is 6.92 Å². The molecule has 4 unspecified atom stereocenters. The number of aryl methyl sites for hydroxylation is 1. The van der Waals surface area contributed by atoms with Crippen molar-refractivity contribution in [1.29, 1.82) is 0 Å². The van der Waals surface area contributed by atoms with Gasteiger partial charge in [0.15, 0.2) is 31.0 Å².